The van der Waals surface area contributed by atoms with Crippen molar-refractivity contribution >= 4 is 29.3 Å². The van der Waals surface area contributed by atoms with Crippen molar-refractivity contribution in [2.24, 2.45) is 33.7 Å². The predicted octanol–water partition coefficient (Wildman–Crippen LogP) is 3.91. The van der Waals surface area contributed by atoms with E-state index in [4.69, 9.17) is 4.84 Å². The highest BCUT2D eigenvalue weighted by Crippen LogP contribution is 2.67. The molecule has 0 heterocycles. The summed E-state index contributed by atoms with van der Waals surface area (Å²) >= 11 is 0. The number of nitrogens with zero attached hydrogens (tertiary/aromatic N) is 1. The van der Waals surface area contributed by atoms with Crippen LogP contribution in [0.2, 0.25) is 0 Å². The molecule has 234 valence electrons. The number of amides is 2. The maximum absolute atomic E-state index is 12.5. The smallest absolute Gasteiger partial charge is 0.326 e. The van der Waals surface area contributed by atoms with Gasteiger partial charge in [-0.25, -0.2) is 4.79 Å². The largest absolute Gasteiger partial charge is 0.480 e. The summed E-state index contributed by atoms with van der Waals surface area (Å²) < 4.78 is 0. The van der Waals surface area contributed by atoms with Gasteiger partial charge in [-0.15, -0.1) is 0 Å². The van der Waals surface area contributed by atoms with Crippen LogP contribution in [0.1, 0.15) is 105 Å². The van der Waals surface area contributed by atoms with Crippen molar-refractivity contribution < 1.29 is 34.2 Å². The summed E-state index contributed by atoms with van der Waals surface area (Å²) in [4.78, 5) is 54.0. The van der Waals surface area contributed by atoms with E-state index in [9.17, 15) is 29.4 Å². The fourth-order valence-electron chi connectivity index (χ4n) is 8.72. The van der Waals surface area contributed by atoms with Crippen molar-refractivity contribution in [1.82, 2.24) is 10.6 Å². The van der Waals surface area contributed by atoms with Crippen molar-refractivity contribution in [3.05, 3.63) is 11.6 Å². The zero-order chi connectivity index (χ0) is 30.9. The molecule has 0 aromatic heterocycles. The van der Waals surface area contributed by atoms with Gasteiger partial charge in [-0.05, 0) is 101 Å². The van der Waals surface area contributed by atoms with Gasteiger partial charge in [0.05, 0.1) is 5.71 Å². The standard InChI is InChI=1S/C32H49N3O7/c1-6-7-8-26(29(39)40)34-28(38)19(2)33-27(37)18-42-35-22-11-14-30(4)21(17-22)9-10-23-24(30)12-15-31(5)25(23)13-16-32(31,41)20(3)36/h17,19,23-26,41H,6-16,18H2,1-5H3,(H,33,37)(H,34,38)(H,39,40)/b35-22-/t19-,23-,24+,25+,26-,30+,31+,32+/m1/s1. The van der Waals surface area contributed by atoms with Gasteiger partial charge < -0.3 is 25.7 Å². The number of hydrogen-bond acceptors (Lipinski definition) is 7. The zero-order valence-corrected chi connectivity index (χ0v) is 25.8. The normalized spacial score (nSPS) is 36.0. The molecule has 0 bridgehead atoms. The molecule has 0 aliphatic heterocycles. The number of rotatable bonds is 11. The van der Waals surface area contributed by atoms with Crippen LogP contribution in [0.3, 0.4) is 0 Å². The lowest BCUT2D eigenvalue weighted by molar-refractivity contribution is -0.159. The first-order chi connectivity index (χ1) is 19.8. The second kappa shape index (κ2) is 12.5. The van der Waals surface area contributed by atoms with Crippen LogP contribution in [0.4, 0.5) is 0 Å². The molecule has 42 heavy (non-hydrogen) atoms. The van der Waals surface area contributed by atoms with Gasteiger partial charge in [-0.3, -0.25) is 14.4 Å². The first-order valence-electron chi connectivity index (χ1n) is 15.7. The number of carbonyl (C=O) groups excluding carboxylic acids is 3. The van der Waals surface area contributed by atoms with E-state index in [1.54, 1.807) is 6.92 Å². The van der Waals surface area contributed by atoms with Gasteiger partial charge in [0.2, 0.25) is 5.91 Å². The van der Waals surface area contributed by atoms with Crippen LogP contribution in [-0.2, 0) is 24.0 Å². The number of unbranched alkanes of at least 4 members (excludes halogenated alkanes) is 1. The minimum atomic E-state index is -1.20. The number of aliphatic carboxylic acids is 1. The molecule has 0 radical (unpaired) electrons. The fraction of sp³-hybridized carbons (Fsp3) is 0.781. The van der Waals surface area contributed by atoms with Gasteiger partial charge >= 0.3 is 5.97 Å². The molecule has 0 aromatic carbocycles. The number of oxime groups is 1. The highest BCUT2D eigenvalue weighted by Gasteiger charge is 2.65. The van der Waals surface area contributed by atoms with Gasteiger partial charge in [0, 0.05) is 5.41 Å². The Morgan fingerprint density at radius 2 is 1.79 bits per heavy atom. The summed E-state index contributed by atoms with van der Waals surface area (Å²) in [5, 5.41) is 29.9. The van der Waals surface area contributed by atoms with Crippen LogP contribution in [0, 0.1) is 28.6 Å². The van der Waals surface area contributed by atoms with Gasteiger partial charge in [0.15, 0.2) is 12.4 Å². The SMILES string of the molecule is CCCC[C@@H](NC(=O)[C@@H](C)NC(=O)CO/N=C1\C=C2CC[C@@H]3[C@H](CC[C@@]4(C)[C@H]3CC[C@]4(O)C(C)=O)[C@@]2(C)CC1)C(=O)O. The topological polar surface area (TPSA) is 154 Å². The van der Waals surface area contributed by atoms with Gasteiger partial charge in [-0.1, -0.05) is 44.3 Å². The summed E-state index contributed by atoms with van der Waals surface area (Å²) in [6, 6.07) is -1.90. The molecule has 4 rings (SSSR count). The molecule has 4 N–H and O–H groups in total. The molecule has 4 aliphatic rings. The molecule has 10 nitrogen and oxygen atoms in total. The number of Topliss-reactive ketones (excluding diaryl/α,β-unsaturated/α-hetero) is 1. The third-order valence-electron chi connectivity index (χ3n) is 11.3. The molecule has 0 aromatic rings. The molecule has 3 saturated carbocycles. The molecule has 4 aliphatic carbocycles. The molecule has 2 amide bonds. The van der Waals surface area contributed by atoms with E-state index in [1.807, 2.05) is 6.92 Å². The lowest BCUT2D eigenvalue weighted by Crippen LogP contribution is -2.57. The monoisotopic (exact) mass is 587 g/mol. The third-order valence-corrected chi connectivity index (χ3v) is 11.3. The summed E-state index contributed by atoms with van der Waals surface area (Å²) in [5.74, 6) is -0.895. The first kappa shape index (κ1) is 32.2. The Balaban J connectivity index is 1.32. The maximum Gasteiger partial charge on any atom is 0.326 e. The maximum atomic E-state index is 12.5. The fourth-order valence-corrected chi connectivity index (χ4v) is 8.72. The number of carbonyl (C=O) groups is 4. The summed E-state index contributed by atoms with van der Waals surface area (Å²) in [5.41, 5.74) is 0.662. The number of allylic oxidation sites excluding steroid dienone is 2. The van der Waals surface area contributed by atoms with E-state index < -0.39 is 35.5 Å². The van der Waals surface area contributed by atoms with Crippen LogP contribution < -0.4 is 10.6 Å². The van der Waals surface area contributed by atoms with Crippen LogP contribution >= 0.6 is 0 Å². The Morgan fingerprint density at radius 1 is 1.07 bits per heavy atom. The van der Waals surface area contributed by atoms with Gasteiger partial charge in [0.1, 0.15) is 17.7 Å². The van der Waals surface area contributed by atoms with E-state index in [0.29, 0.717) is 37.0 Å². The Hall–Kier alpha value is -2.75. The minimum Gasteiger partial charge on any atom is -0.480 e. The second-order valence-corrected chi connectivity index (χ2v) is 13.6. The minimum absolute atomic E-state index is 0.0469. The second-order valence-electron chi connectivity index (χ2n) is 13.6. The molecule has 0 unspecified atom stereocenters. The highest BCUT2D eigenvalue weighted by atomic mass is 16.6. The molecule has 0 saturated heterocycles. The van der Waals surface area contributed by atoms with Crippen molar-refractivity contribution in [3.8, 4) is 0 Å². The molecule has 0 spiro atoms. The Labute approximate surface area is 249 Å². The van der Waals surface area contributed by atoms with Crippen LogP contribution in [0.15, 0.2) is 16.8 Å². The zero-order valence-electron chi connectivity index (χ0n) is 25.8. The van der Waals surface area contributed by atoms with Gasteiger partial charge in [-0.2, -0.15) is 0 Å². The number of aliphatic hydroxyl groups is 1. The molecular weight excluding hydrogens is 538 g/mol. The average Bonchev–Trinajstić information content (AvgIpc) is 3.22. The van der Waals surface area contributed by atoms with E-state index in [1.165, 1.54) is 12.5 Å². The molecule has 8 atom stereocenters. The Kier molecular flexibility index (Phi) is 9.55. The van der Waals surface area contributed by atoms with Gasteiger partial charge in [0.25, 0.3) is 5.91 Å². The lowest BCUT2D eigenvalue weighted by atomic mass is 9.46. The third kappa shape index (κ3) is 5.88. The van der Waals surface area contributed by atoms with Crippen molar-refractivity contribution in [3.63, 3.8) is 0 Å². The van der Waals surface area contributed by atoms with E-state index in [0.717, 1.165) is 57.1 Å². The summed E-state index contributed by atoms with van der Waals surface area (Å²) in [6.45, 7) is 9.14. The Bertz CT molecular complexity index is 1150. The summed E-state index contributed by atoms with van der Waals surface area (Å²) in [6.07, 6.45) is 11.0. The van der Waals surface area contributed by atoms with Crippen LogP contribution in [0.25, 0.3) is 0 Å². The highest BCUT2D eigenvalue weighted by molar-refractivity contribution is 5.96. The number of ketones is 1. The molecular formula is C32H49N3O7. The van der Waals surface area contributed by atoms with Crippen LogP contribution in [0.5, 0.6) is 0 Å². The van der Waals surface area contributed by atoms with E-state index >= 15 is 0 Å². The number of nitrogens with one attached hydrogen (secondary N) is 2. The molecule has 10 heteroatoms. The lowest BCUT2D eigenvalue weighted by Gasteiger charge is -2.59. The first-order valence-corrected chi connectivity index (χ1v) is 15.7. The number of carboxylic acid groups (broad SMARTS) is 1. The number of hydrogen-bond donors (Lipinski definition) is 4. The predicted molar refractivity (Wildman–Crippen MR) is 157 cm³/mol. The van der Waals surface area contributed by atoms with Crippen molar-refractivity contribution in [2.75, 3.05) is 6.61 Å². The van der Waals surface area contributed by atoms with Crippen molar-refractivity contribution in [2.45, 2.75) is 123 Å². The van der Waals surface area contributed by atoms with E-state index in [2.05, 4.69) is 35.7 Å². The van der Waals surface area contributed by atoms with Crippen LogP contribution in [-0.4, -0.2) is 63.8 Å². The Morgan fingerprint density at radius 3 is 2.45 bits per heavy atom. The molecule has 3 fully saturated rings. The average molecular weight is 588 g/mol. The number of fused-ring (bicyclic) bond motifs is 5. The summed E-state index contributed by atoms with van der Waals surface area (Å²) in [7, 11) is 0. The van der Waals surface area contributed by atoms with E-state index in [-0.39, 0.29) is 23.2 Å². The van der Waals surface area contributed by atoms with Crippen molar-refractivity contribution in [1.29, 1.82) is 0 Å². The number of carboxylic acids is 1. The quantitative estimate of drug-likeness (QED) is 0.267.